The number of rotatable bonds is 5. The topological polar surface area (TPSA) is 72.2 Å². The predicted molar refractivity (Wildman–Crippen MR) is 80.8 cm³/mol. The van der Waals surface area contributed by atoms with E-state index in [1.807, 2.05) is 13.8 Å². The van der Waals surface area contributed by atoms with Gasteiger partial charge in [0.15, 0.2) is 0 Å². The summed E-state index contributed by atoms with van der Waals surface area (Å²) in [4.78, 5) is 23.6. The maximum Gasteiger partial charge on any atom is 0.240 e. The zero-order valence-corrected chi connectivity index (χ0v) is 13.1. The van der Waals surface area contributed by atoms with Crippen LogP contribution in [0.3, 0.4) is 0 Å². The number of primary amides is 1. The smallest absolute Gasteiger partial charge is 0.240 e. The van der Waals surface area contributed by atoms with Crippen LogP contribution in [0.4, 0.5) is 0 Å². The zero-order valence-electron chi connectivity index (χ0n) is 11.6. The van der Waals surface area contributed by atoms with Crippen LogP contribution in [-0.4, -0.2) is 17.9 Å². The lowest BCUT2D eigenvalue weighted by atomic mass is 9.98. The SMILES string of the molecule is CC(C)[C@H](NC(=O)[C@H](C)c1c(Cl)cccc1Cl)C(N)=O. The van der Waals surface area contributed by atoms with Crippen molar-refractivity contribution in [1.82, 2.24) is 5.32 Å². The quantitative estimate of drug-likeness (QED) is 0.876. The van der Waals surface area contributed by atoms with Gasteiger partial charge in [-0.15, -0.1) is 0 Å². The molecule has 110 valence electrons. The second-order valence-corrected chi connectivity index (χ2v) is 5.80. The molecule has 0 saturated heterocycles. The second kappa shape index (κ2) is 6.95. The van der Waals surface area contributed by atoms with Crippen molar-refractivity contribution in [2.24, 2.45) is 11.7 Å². The van der Waals surface area contributed by atoms with Crippen molar-refractivity contribution in [3.05, 3.63) is 33.8 Å². The van der Waals surface area contributed by atoms with Crippen LogP contribution in [0, 0.1) is 5.92 Å². The summed E-state index contributed by atoms with van der Waals surface area (Å²) in [5.74, 6) is -1.56. The van der Waals surface area contributed by atoms with Gasteiger partial charge in [-0.3, -0.25) is 9.59 Å². The first-order valence-corrected chi connectivity index (χ1v) is 7.04. The highest BCUT2D eigenvalue weighted by Crippen LogP contribution is 2.31. The number of nitrogens with two attached hydrogens (primary N) is 1. The van der Waals surface area contributed by atoms with Crippen molar-refractivity contribution in [1.29, 1.82) is 0 Å². The number of benzene rings is 1. The molecule has 1 aromatic rings. The van der Waals surface area contributed by atoms with Gasteiger partial charge in [-0.2, -0.15) is 0 Å². The fourth-order valence-electron chi connectivity index (χ4n) is 1.90. The first kappa shape index (κ1) is 16.8. The van der Waals surface area contributed by atoms with Gasteiger partial charge >= 0.3 is 0 Å². The minimum Gasteiger partial charge on any atom is -0.368 e. The van der Waals surface area contributed by atoms with Gasteiger partial charge in [0.25, 0.3) is 0 Å². The summed E-state index contributed by atoms with van der Waals surface area (Å²) in [5, 5.41) is 3.47. The molecule has 2 atom stereocenters. The molecule has 4 nitrogen and oxygen atoms in total. The van der Waals surface area contributed by atoms with Crippen molar-refractivity contribution in [3.63, 3.8) is 0 Å². The predicted octanol–water partition coefficient (Wildman–Crippen LogP) is 2.72. The molecule has 0 aromatic heterocycles. The molecule has 1 rings (SSSR count). The molecule has 2 amide bonds. The van der Waals surface area contributed by atoms with Crippen LogP contribution in [0.15, 0.2) is 18.2 Å². The third-order valence-electron chi connectivity index (χ3n) is 3.10. The Morgan fingerprint density at radius 3 is 2.05 bits per heavy atom. The first-order valence-electron chi connectivity index (χ1n) is 6.29. The summed E-state index contributed by atoms with van der Waals surface area (Å²) in [6.07, 6.45) is 0. The van der Waals surface area contributed by atoms with Crippen molar-refractivity contribution in [3.8, 4) is 0 Å². The van der Waals surface area contributed by atoms with Crippen LogP contribution in [0.2, 0.25) is 10.0 Å². The Bertz CT molecular complexity index is 498. The Morgan fingerprint density at radius 1 is 1.15 bits per heavy atom. The Morgan fingerprint density at radius 2 is 1.65 bits per heavy atom. The third-order valence-corrected chi connectivity index (χ3v) is 3.76. The molecule has 0 heterocycles. The van der Waals surface area contributed by atoms with Gasteiger partial charge in [0.1, 0.15) is 6.04 Å². The Hall–Kier alpha value is -1.26. The maximum absolute atomic E-state index is 12.2. The van der Waals surface area contributed by atoms with Gasteiger partial charge < -0.3 is 11.1 Å². The highest BCUT2D eigenvalue weighted by atomic mass is 35.5. The third kappa shape index (κ3) is 3.87. The number of amides is 2. The maximum atomic E-state index is 12.2. The van der Waals surface area contributed by atoms with Gasteiger partial charge in [-0.1, -0.05) is 43.1 Å². The molecular weight excluding hydrogens is 299 g/mol. The molecule has 0 spiro atoms. The fourth-order valence-corrected chi connectivity index (χ4v) is 2.62. The summed E-state index contributed by atoms with van der Waals surface area (Å²) < 4.78 is 0. The molecule has 0 fully saturated rings. The molecule has 1 aromatic carbocycles. The molecule has 0 aliphatic carbocycles. The number of hydrogen-bond donors (Lipinski definition) is 2. The molecular formula is C14H18Cl2N2O2. The van der Waals surface area contributed by atoms with E-state index in [1.165, 1.54) is 0 Å². The van der Waals surface area contributed by atoms with E-state index in [4.69, 9.17) is 28.9 Å². The lowest BCUT2D eigenvalue weighted by molar-refractivity contribution is -0.129. The Kier molecular flexibility index (Phi) is 5.84. The minimum absolute atomic E-state index is 0.0923. The Labute approximate surface area is 128 Å². The first-order chi connectivity index (χ1) is 9.25. The molecule has 3 N–H and O–H groups in total. The van der Waals surface area contributed by atoms with E-state index < -0.39 is 17.9 Å². The molecule has 0 radical (unpaired) electrons. The summed E-state index contributed by atoms with van der Waals surface area (Å²) in [6, 6.07) is 4.33. The average Bonchev–Trinajstić information content (AvgIpc) is 2.34. The van der Waals surface area contributed by atoms with E-state index in [0.717, 1.165) is 0 Å². The van der Waals surface area contributed by atoms with Crippen molar-refractivity contribution < 1.29 is 9.59 Å². The lowest BCUT2D eigenvalue weighted by Crippen LogP contribution is -2.48. The average molecular weight is 317 g/mol. The number of halogens is 2. The molecule has 0 aliphatic heterocycles. The van der Waals surface area contributed by atoms with E-state index in [-0.39, 0.29) is 11.8 Å². The van der Waals surface area contributed by atoms with Gasteiger partial charge in [0.2, 0.25) is 11.8 Å². The van der Waals surface area contributed by atoms with Gasteiger partial charge in [0.05, 0.1) is 5.92 Å². The second-order valence-electron chi connectivity index (χ2n) is 4.99. The van der Waals surface area contributed by atoms with E-state index in [1.54, 1.807) is 25.1 Å². The van der Waals surface area contributed by atoms with E-state index in [2.05, 4.69) is 5.32 Å². The number of carbonyl (C=O) groups is 2. The van der Waals surface area contributed by atoms with Crippen molar-refractivity contribution >= 4 is 35.0 Å². The summed E-state index contributed by atoms with van der Waals surface area (Å²) in [7, 11) is 0. The Balaban J connectivity index is 2.95. The van der Waals surface area contributed by atoms with Crippen LogP contribution in [0.5, 0.6) is 0 Å². The summed E-state index contributed by atoms with van der Waals surface area (Å²) in [6.45, 7) is 5.30. The van der Waals surface area contributed by atoms with Crippen molar-refractivity contribution in [2.45, 2.75) is 32.7 Å². The number of carbonyl (C=O) groups excluding carboxylic acids is 2. The highest BCUT2D eigenvalue weighted by molar-refractivity contribution is 6.36. The molecule has 6 heteroatoms. The number of nitrogens with one attached hydrogen (secondary N) is 1. The largest absolute Gasteiger partial charge is 0.368 e. The van der Waals surface area contributed by atoms with Gasteiger partial charge in [0, 0.05) is 15.6 Å². The lowest BCUT2D eigenvalue weighted by Gasteiger charge is -2.22. The zero-order chi connectivity index (χ0) is 15.4. The van der Waals surface area contributed by atoms with Gasteiger partial charge in [-0.05, 0) is 25.0 Å². The van der Waals surface area contributed by atoms with Crippen LogP contribution >= 0.6 is 23.2 Å². The van der Waals surface area contributed by atoms with E-state index in [9.17, 15) is 9.59 Å². The minimum atomic E-state index is -0.716. The molecule has 0 bridgehead atoms. The molecule has 20 heavy (non-hydrogen) atoms. The van der Waals surface area contributed by atoms with E-state index >= 15 is 0 Å². The highest BCUT2D eigenvalue weighted by Gasteiger charge is 2.26. The van der Waals surface area contributed by atoms with Gasteiger partial charge in [-0.25, -0.2) is 0 Å². The normalized spacial score (nSPS) is 13.9. The van der Waals surface area contributed by atoms with Crippen LogP contribution < -0.4 is 11.1 Å². The van der Waals surface area contributed by atoms with E-state index in [0.29, 0.717) is 15.6 Å². The van der Waals surface area contributed by atoms with Crippen LogP contribution in [-0.2, 0) is 9.59 Å². The van der Waals surface area contributed by atoms with Crippen molar-refractivity contribution in [2.75, 3.05) is 0 Å². The summed E-state index contributed by atoms with van der Waals surface area (Å²) in [5.41, 5.74) is 5.82. The summed E-state index contributed by atoms with van der Waals surface area (Å²) >= 11 is 12.1. The number of hydrogen-bond acceptors (Lipinski definition) is 2. The molecule has 0 aliphatic rings. The fraction of sp³-hybridized carbons (Fsp3) is 0.429. The monoisotopic (exact) mass is 316 g/mol. The molecule has 0 unspecified atom stereocenters. The standard InChI is InChI=1S/C14H18Cl2N2O2/c1-7(2)12(13(17)19)18-14(20)8(3)11-9(15)5-4-6-10(11)16/h4-8,12H,1-3H3,(H2,17,19)(H,18,20)/t8-,12+/m1/s1. The molecule has 0 saturated carbocycles. The van der Waals surface area contributed by atoms with Crippen LogP contribution in [0.25, 0.3) is 0 Å². The van der Waals surface area contributed by atoms with Crippen LogP contribution in [0.1, 0.15) is 32.3 Å².